The van der Waals surface area contributed by atoms with Crippen LogP contribution in [0.5, 0.6) is 0 Å². The Morgan fingerprint density at radius 1 is 1.33 bits per heavy atom. The van der Waals surface area contributed by atoms with Crippen LogP contribution in [0.25, 0.3) is 0 Å². The topological polar surface area (TPSA) is 81.4 Å². The highest BCUT2D eigenvalue weighted by Crippen LogP contribution is 2.22. The van der Waals surface area contributed by atoms with Crippen LogP contribution in [0.4, 0.5) is 11.4 Å². The summed E-state index contributed by atoms with van der Waals surface area (Å²) >= 11 is 6.96. The number of carbonyl (C=O) groups excluding carboxylic acids is 2. The van der Waals surface area contributed by atoms with E-state index in [1.54, 1.807) is 39.0 Å². The minimum atomic E-state index is -0.516. The van der Waals surface area contributed by atoms with Crippen LogP contribution in [0, 0.1) is 0 Å². The van der Waals surface area contributed by atoms with E-state index in [4.69, 9.17) is 22.1 Å². The predicted molar refractivity (Wildman–Crippen MR) is 87.7 cm³/mol. The average Bonchev–Trinajstić information content (AvgIpc) is 2.30. The molecule has 0 aliphatic rings. The second kappa shape index (κ2) is 7.56. The zero-order valence-electron chi connectivity index (χ0n) is 12.2. The minimum absolute atomic E-state index is 0.126. The molecule has 0 spiro atoms. The second-order valence-electron chi connectivity index (χ2n) is 5.36. The van der Waals surface area contributed by atoms with Crippen molar-refractivity contribution < 1.29 is 14.3 Å². The number of hydrogen-bond acceptors (Lipinski definition) is 5. The lowest BCUT2D eigenvalue weighted by molar-refractivity contribution is -0.151. The maximum Gasteiger partial charge on any atom is 0.316 e. The van der Waals surface area contributed by atoms with Gasteiger partial charge in [-0.25, -0.2) is 0 Å². The number of rotatable bonds is 5. The summed E-state index contributed by atoms with van der Waals surface area (Å²) in [4.78, 5) is 23.2. The van der Waals surface area contributed by atoms with Crippen molar-refractivity contribution in [3.8, 4) is 0 Å². The van der Waals surface area contributed by atoms with Gasteiger partial charge in [0, 0.05) is 5.02 Å². The standard InChI is InChI=1S/C14H19ClN2O3S/c1-14(2,3)20-13(19)8-21-7-12(18)17-11-5-4-9(15)6-10(11)16/h4-6H,7-8,16H2,1-3H3,(H,17,18). The van der Waals surface area contributed by atoms with E-state index < -0.39 is 5.60 Å². The first-order chi connectivity index (χ1) is 9.67. The molecule has 0 saturated heterocycles. The molecule has 3 N–H and O–H groups in total. The molecule has 1 aromatic rings. The molecule has 0 fully saturated rings. The van der Waals surface area contributed by atoms with Gasteiger partial charge in [-0.3, -0.25) is 9.59 Å². The number of esters is 1. The van der Waals surface area contributed by atoms with Crippen molar-refractivity contribution in [1.29, 1.82) is 0 Å². The van der Waals surface area contributed by atoms with E-state index in [0.29, 0.717) is 16.4 Å². The summed E-state index contributed by atoms with van der Waals surface area (Å²) in [5, 5.41) is 3.17. The SMILES string of the molecule is CC(C)(C)OC(=O)CSCC(=O)Nc1ccc(Cl)cc1N. The number of thioether (sulfide) groups is 1. The smallest absolute Gasteiger partial charge is 0.316 e. The van der Waals surface area contributed by atoms with Gasteiger partial charge in [0.25, 0.3) is 0 Å². The van der Waals surface area contributed by atoms with Gasteiger partial charge >= 0.3 is 5.97 Å². The van der Waals surface area contributed by atoms with Gasteiger partial charge in [0.05, 0.1) is 22.9 Å². The van der Waals surface area contributed by atoms with E-state index in [2.05, 4.69) is 5.32 Å². The highest BCUT2D eigenvalue weighted by atomic mass is 35.5. The van der Waals surface area contributed by atoms with Crippen molar-refractivity contribution >= 4 is 46.6 Å². The van der Waals surface area contributed by atoms with Crippen molar-refractivity contribution in [2.75, 3.05) is 22.6 Å². The summed E-state index contributed by atoms with van der Waals surface area (Å²) in [7, 11) is 0. The Morgan fingerprint density at radius 3 is 2.57 bits per heavy atom. The first kappa shape index (κ1) is 17.7. The number of nitrogens with one attached hydrogen (secondary N) is 1. The number of amides is 1. The molecule has 0 atom stereocenters. The molecule has 0 aliphatic heterocycles. The fourth-order valence-electron chi connectivity index (χ4n) is 1.43. The summed E-state index contributed by atoms with van der Waals surface area (Å²) in [5.41, 5.74) is 6.12. The molecule has 0 bridgehead atoms. The van der Waals surface area contributed by atoms with Crippen LogP contribution in [0.2, 0.25) is 5.02 Å². The van der Waals surface area contributed by atoms with Gasteiger partial charge in [-0.1, -0.05) is 11.6 Å². The van der Waals surface area contributed by atoms with Crippen LogP contribution < -0.4 is 11.1 Å². The van der Waals surface area contributed by atoms with E-state index in [1.165, 1.54) is 11.8 Å². The fraction of sp³-hybridized carbons (Fsp3) is 0.429. The van der Waals surface area contributed by atoms with Gasteiger partial charge in [-0.15, -0.1) is 11.8 Å². The predicted octanol–water partition coefficient (Wildman–Crippen LogP) is 2.94. The van der Waals surface area contributed by atoms with E-state index >= 15 is 0 Å². The second-order valence-corrected chi connectivity index (χ2v) is 6.78. The molecule has 116 valence electrons. The van der Waals surface area contributed by atoms with Crippen molar-refractivity contribution in [2.24, 2.45) is 0 Å². The van der Waals surface area contributed by atoms with Gasteiger partial charge in [-0.05, 0) is 39.0 Å². The van der Waals surface area contributed by atoms with Crippen LogP contribution >= 0.6 is 23.4 Å². The van der Waals surface area contributed by atoms with Crippen molar-refractivity contribution in [3.05, 3.63) is 23.2 Å². The van der Waals surface area contributed by atoms with Crippen molar-refractivity contribution in [3.63, 3.8) is 0 Å². The summed E-state index contributed by atoms with van der Waals surface area (Å²) in [5.74, 6) is -0.314. The van der Waals surface area contributed by atoms with Crippen LogP contribution in [-0.4, -0.2) is 29.0 Å². The molecule has 0 aromatic heterocycles. The number of nitrogen functional groups attached to an aromatic ring is 1. The van der Waals surface area contributed by atoms with Crippen LogP contribution in [0.3, 0.4) is 0 Å². The molecule has 5 nitrogen and oxygen atoms in total. The highest BCUT2D eigenvalue weighted by molar-refractivity contribution is 8.00. The highest BCUT2D eigenvalue weighted by Gasteiger charge is 2.16. The summed E-state index contributed by atoms with van der Waals surface area (Å²) in [6.45, 7) is 5.39. The number of nitrogens with two attached hydrogens (primary N) is 1. The normalized spacial score (nSPS) is 11.0. The van der Waals surface area contributed by atoms with Gasteiger partial charge in [0.15, 0.2) is 0 Å². The number of benzene rings is 1. The fourth-order valence-corrected chi connectivity index (χ4v) is 2.20. The lowest BCUT2D eigenvalue weighted by atomic mass is 10.2. The number of anilines is 2. The third-order valence-corrected chi connectivity index (χ3v) is 3.30. The van der Waals surface area contributed by atoms with E-state index in [-0.39, 0.29) is 23.4 Å². The van der Waals surface area contributed by atoms with E-state index in [9.17, 15) is 9.59 Å². The molecule has 0 unspecified atom stereocenters. The summed E-state index contributed by atoms with van der Waals surface area (Å²) < 4.78 is 5.14. The third kappa shape index (κ3) is 7.24. The van der Waals surface area contributed by atoms with Gasteiger partial charge in [0.2, 0.25) is 5.91 Å². The van der Waals surface area contributed by atoms with Gasteiger partial charge in [-0.2, -0.15) is 0 Å². The van der Waals surface area contributed by atoms with E-state index in [1.807, 2.05) is 0 Å². The lowest BCUT2D eigenvalue weighted by Crippen LogP contribution is -2.25. The lowest BCUT2D eigenvalue weighted by Gasteiger charge is -2.19. The molecule has 1 amide bonds. The number of carbonyl (C=O) groups is 2. The van der Waals surface area contributed by atoms with E-state index in [0.717, 1.165) is 0 Å². The molecule has 1 aromatic carbocycles. The zero-order chi connectivity index (χ0) is 16.0. The monoisotopic (exact) mass is 330 g/mol. The molecule has 0 radical (unpaired) electrons. The first-order valence-corrected chi connectivity index (χ1v) is 7.85. The molecule has 7 heteroatoms. The maximum absolute atomic E-state index is 11.7. The Morgan fingerprint density at radius 2 is 2.00 bits per heavy atom. The summed E-state index contributed by atoms with van der Waals surface area (Å²) in [6, 6.07) is 4.83. The van der Waals surface area contributed by atoms with Crippen molar-refractivity contribution in [2.45, 2.75) is 26.4 Å². The number of hydrogen-bond donors (Lipinski definition) is 2. The average molecular weight is 331 g/mol. The quantitative estimate of drug-likeness (QED) is 0.640. The Labute approximate surface area is 133 Å². The largest absolute Gasteiger partial charge is 0.459 e. The molecule has 0 saturated carbocycles. The Kier molecular flexibility index (Phi) is 6.36. The summed E-state index contributed by atoms with van der Waals surface area (Å²) in [6.07, 6.45) is 0. The molecular weight excluding hydrogens is 312 g/mol. The molecule has 21 heavy (non-hydrogen) atoms. The number of halogens is 1. The minimum Gasteiger partial charge on any atom is -0.459 e. The van der Waals surface area contributed by atoms with Crippen LogP contribution in [-0.2, 0) is 14.3 Å². The molecule has 1 rings (SSSR count). The maximum atomic E-state index is 11.7. The van der Waals surface area contributed by atoms with Crippen molar-refractivity contribution in [1.82, 2.24) is 0 Å². The number of ether oxygens (including phenoxy) is 1. The molecule has 0 heterocycles. The molecular formula is C14H19ClN2O3S. The Bertz CT molecular complexity index is 529. The van der Waals surface area contributed by atoms with Crippen LogP contribution in [0.1, 0.15) is 20.8 Å². The van der Waals surface area contributed by atoms with Crippen LogP contribution in [0.15, 0.2) is 18.2 Å². The Hall–Kier alpha value is -1.40. The molecule has 0 aliphatic carbocycles. The third-order valence-electron chi connectivity index (χ3n) is 2.16. The van der Waals surface area contributed by atoms with Gasteiger partial charge in [0.1, 0.15) is 5.60 Å². The first-order valence-electron chi connectivity index (χ1n) is 6.32. The zero-order valence-corrected chi connectivity index (χ0v) is 13.8. The van der Waals surface area contributed by atoms with Gasteiger partial charge < -0.3 is 15.8 Å². The Balaban J connectivity index is 2.36.